The lowest BCUT2D eigenvalue weighted by atomic mass is 9.49. The van der Waals surface area contributed by atoms with E-state index < -0.39 is 0 Å². The Morgan fingerprint density at radius 1 is 0.579 bits per heavy atom. The predicted octanol–water partition coefficient (Wildman–Crippen LogP) is 14.3. The van der Waals surface area contributed by atoms with Crippen LogP contribution in [0.3, 0.4) is 0 Å². The summed E-state index contributed by atoms with van der Waals surface area (Å²) in [5.74, 6) is 4.94. The molecular weight excluding hydrogens is 711 g/mol. The fourth-order valence-electron chi connectivity index (χ4n) is 11.3. The third-order valence-electron chi connectivity index (χ3n) is 14.0. The molecule has 2 heterocycles. The van der Waals surface area contributed by atoms with Gasteiger partial charge in [-0.05, 0) is 109 Å². The van der Waals surface area contributed by atoms with Crippen molar-refractivity contribution in [1.82, 2.24) is 15.0 Å². The summed E-state index contributed by atoms with van der Waals surface area (Å²) in [5.41, 5.74) is 14.0. The van der Waals surface area contributed by atoms with Crippen molar-refractivity contribution in [3.63, 3.8) is 0 Å². The highest BCUT2D eigenvalue weighted by molar-refractivity contribution is 7.26. The molecule has 11 rings (SSSR count). The predicted molar refractivity (Wildman–Crippen MR) is 239 cm³/mol. The van der Waals surface area contributed by atoms with Crippen molar-refractivity contribution >= 4 is 31.5 Å². The number of aromatic nitrogens is 3. The zero-order chi connectivity index (χ0) is 38.4. The van der Waals surface area contributed by atoms with Crippen molar-refractivity contribution in [2.45, 2.75) is 65.2 Å². The molecule has 0 saturated heterocycles. The molecule has 57 heavy (non-hydrogen) atoms. The van der Waals surface area contributed by atoms with E-state index >= 15 is 0 Å². The molecule has 1 spiro atoms. The maximum atomic E-state index is 5.05. The summed E-state index contributed by atoms with van der Waals surface area (Å²) in [6, 6.07) is 47.2. The van der Waals surface area contributed by atoms with E-state index in [-0.39, 0.29) is 5.41 Å². The number of benzene rings is 6. The molecule has 2 saturated carbocycles. The van der Waals surface area contributed by atoms with Crippen LogP contribution in [-0.4, -0.2) is 15.0 Å². The van der Waals surface area contributed by atoms with Crippen molar-refractivity contribution in [3.8, 4) is 56.4 Å². The second kappa shape index (κ2) is 13.3. The minimum absolute atomic E-state index is 0.00891. The van der Waals surface area contributed by atoms with Crippen LogP contribution in [-0.2, 0) is 5.41 Å². The van der Waals surface area contributed by atoms with Gasteiger partial charge in [-0.1, -0.05) is 147 Å². The minimum atomic E-state index is 0.00891. The highest BCUT2D eigenvalue weighted by Gasteiger charge is 2.57. The molecule has 280 valence electrons. The van der Waals surface area contributed by atoms with Gasteiger partial charge in [0.15, 0.2) is 17.5 Å². The van der Waals surface area contributed by atoms with Crippen molar-refractivity contribution in [2.24, 2.45) is 23.7 Å². The molecule has 5 atom stereocenters. The zero-order valence-corrected chi connectivity index (χ0v) is 34.0. The molecule has 3 aliphatic rings. The van der Waals surface area contributed by atoms with Gasteiger partial charge in [-0.25, -0.2) is 15.0 Å². The Bertz CT molecular complexity index is 2770. The molecule has 8 aromatic rings. The number of rotatable bonds is 5. The van der Waals surface area contributed by atoms with Gasteiger partial charge in [0.2, 0.25) is 0 Å². The molecule has 5 unspecified atom stereocenters. The Labute approximate surface area is 339 Å². The van der Waals surface area contributed by atoms with E-state index in [1.165, 1.54) is 85.7 Å². The normalized spacial score (nSPS) is 22.2. The van der Waals surface area contributed by atoms with Crippen molar-refractivity contribution < 1.29 is 0 Å². The molecule has 2 fully saturated rings. The molecule has 4 heteroatoms. The standard InChI is InChI=1S/C53H47N3S/c1-5-34-27-35-26-33(4)53(41(28-34)29-35)46-30-40(22-23-42(46)44-24-25-45-43-8-6-7-9-47(43)57-49(45)48(44)53)36-18-20-39(21-19-36)52-55-50(37-14-10-31(2)11-15-37)54-51(56-52)38-16-12-32(3)13-17-38/h6-25,30,33-35,41H,5,26-29H2,1-4H3. The molecule has 0 amide bonds. The summed E-state index contributed by atoms with van der Waals surface area (Å²) in [5, 5.41) is 2.84. The van der Waals surface area contributed by atoms with Crippen molar-refractivity contribution in [2.75, 3.05) is 0 Å². The largest absolute Gasteiger partial charge is 0.208 e. The third-order valence-corrected chi connectivity index (χ3v) is 15.2. The summed E-state index contributed by atoms with van der Waals surface area (Å²) >= 11 is 2.03. The van der Waals surface area contributed by atoms with Gasteiger partial charge in [0.1, 0.15) is 0 Å². The lowest BCUT2D eigenvalue weighted by Gasteiger charge is -2.55. The van der Waals surface area contributed by atoms with Gasteiger partial charge < -0.3 is 0 Å². The van der Waals surface area contributed by atoms with E-state index in [1.807, 2.05) is 11.3 Å². The van der Waals surface area contributed by atoms with Crippen LogP contribution >= 0.6 is 11.3 Å². The molecule has 3 aliphatic carbocycles. The number of hydrogen-bond acceptors (Lipinski definition) is 4. The quantitative estimate of drug-likeness (QED) is 0.175. The van der Waals surface area contributed by atoms with Crippen LogP contribution in [0.1, 0.15) is 68.2 Å². The molecule has 0 N–H and O–H groups in total. The van der Waals surface area contributed by atoms with Gasteiger partial charge in [-0.3, -0.25) is 0 Å². The minimum Gasteiger partial charge on any atom is -0.208 e. The fraction of sp³-hybridized carbons (Fsp3) is 0.264. The van der Waals surface area contributed by atoms with Gasteiger partial charge >= 0.3 is 0 Å². The third kappa shape index (κ3) is 5.47. The molecule has 0 aliphatic heterocycles. The summed E-state index contributed by atoms with van der Waals surface area (Å²) in [6.45, 7) is 9.24. The summed E-state index contributed by atoms with van der Waals surface area (Å²) in [7, 11) is 0. The van der Waals surface area contributed by atoms with Crippen LogP contribution < -0.4 is 0 Å². The number of thiophene rings is 1. The first kappa shape index (κ1) is 34.8. The maximum Gasteiger partial charge on any atom is 0.164 e. The van der Waals surface area contributed by atoms with E-state index in [0.29, 0.717) is 29.3 Å². The molecule has 3 nitrogen and oxygen atoms in total. The van der Waals surface area contributed by atoms with Crippen molar-refractivity contribution in [1.29, 1.82) is 0 Å². The summed E-state index contributed by atoms with van der Waals surface area (Å²) in [4.78, 5) is 15.1. The SMILES string of the molecule is CCC1CC2CC(C)C3(c4cc(-c5ccc(-c6nc(-c7ccc(C)cc7)nc(-c7ccc(C)cc7)n6)cc5)ccc4-c4ccc5c(sc6ccccc65)c43)C(C1)C2. The van der Waals surface area contributed by atoms with Crippen LogP contribution in [0.15, 0.2) is 127 Å². The van der Waals surface area contributed by atoms with Crippen LogP contribution in [0.25, 0.3) is 76.6 Å². The highest BCUT2D eigenvalue weighted by atomic mass is 32.1. The van der Waals surface area contributed by atoms with Crippen molar-refractivity contribution in [3.05, 3.63) is 150 Å². The molecule has 2 bridgehead atoms. The zero-order valence-electron chi connectivity index (χ0n) is 33.2. The fourth-order valence-corrected chi connectivity index (χ4v) is 12.6. The topological polar surface area (TPSA) is 38.7 Å². The lowest BCUT2D eigenvalue weighted by Crippen LogP contribution is -2.49. The molecular formula is C53H47N3S. The second-order valence-electron chi connectivity index (χ2n) is 17.4. The van der Waals surface area contributed by atoms with Crippen LogP contribution in [0.2, 0.25) is 0 Å². The van der Waals surface area contributed by atoms with Gasteiger partial charge in [-0.15, -0.1) is 11.3 Å². The van der Waals surface area contributed by atoms with Gasteiger partial charge in [0.25, 0.3) is 0 Å². The van der Waals surface area contributed by atoms with Gasteiger partial charge in [0, 0.05) is 42.3 Å². The Morgan fingerprint density at radius 3 is 1.81 bits per heavy atom. The van der Waals surface area contributed by atoms with Gasteiger partial charge in [-0.2, -0.15) is 0 Å². The average molecular weight is 758 g/mol. The first-order chi connectivity index (χ1) is 27.9. The van der Waals surface area contributed by atoms with Crippen LogP contribution in [0, 0.1) is 37.5 Å². The summed E-state index contributed by atoms with van der Waals surface area (Å²) < 4.78 is 2.92. The van der Waals surface area contributed by atoms with E-state index in [4.69, 9.17) is 15.0 Å². The average Bonchev–Trinajstić information content (AvgIpc) is 3.77. The highest BCUT2D eigenvalue weighted by Crippen LogP contribution is 2.67. The Hall–Kier alpha value is -5.45. The maximum absolute atomic E-state index is 5.05. The number of hydrogen-bond donors (Lipinski definition) is 0. The first-order valence-corrected chi connectivity index (χ1v) is 21.8. The smallest absolute Gasteiger partial charge is 0.164 e. The number of fused-ring (bicyclic) bond motifs is 12. The molecule has 0 radical (unpaired) electrons. The van der Waals surface area contributed by atoms with E-state index in [9.17, 15) is 0 Å². The van der Waals surface area contributed by atoms with E-state index in [1.54, 1.807) is 11.1 Å². The number of aryl methyl sites for hydroxylation is 2. The van der Waals surface area contributed by atoms with Crippen LogP contribution in [0.5, 0.6) is 0 Å². The molecule has 2 aromatic heterocycles. The monoisotopic (exact) mass is 757 g/mol. The second-order valence-corrected chi connectivity index (χ2v) is 18.4. The Balaban J connectivity index is 1.03. The lowest BCUT2D eigenvalue weighted by molar-refractivity contribution is 0.0376. The first-order valence-electron chi connectivity index (χ1n) is 21.0. The van der Waals surface area contributed by atoms with Gasteiger partial charge in [0.05, 0.1) is 0 Å². The van der Waals surface area contributed by atoms with E-state index in [0.717, 1.165) is 28.5 Å². The van der Waals surface area contributed by atoms with Crippen LogP contribution in [0.4, 0.5) is 0 Å². The Kier molecular flexibility index (Phi) is 8.12. The molecule has 6 aromatic carbocycles. The summed E-state index contributed by atoms with van der Waals surface area (Å²) in [6.07, 6.45) is 6.69. The Morgan fingerprint density at radius 2 is 1.16 bits per heavy atom. The van der Waals surface area contributed by atoms with E-state index in [2.05, 4.69) is 155 Å². The number of nitrogens with zero attached hydrogens (tertiary/aromatic N) is 3.